The predicted molar refractivity (Wildman–Crippen MR) is 77.5 cm³/mol. The largest absolute Gasteiger partial charge is 0.391 e. The molecule has 0 radical (unpaired) electrons. The Kier molecular flexibility index (Phi) is 4.37. The fraction of sp³-hybridized carbons (Fsp3) is 0.0909. The molecule has 0 aliphatic carbocycles. The second-order valence-corrected chi connectivity index (χ2v) is 7.16. The van der Waals surface area contributed by atoms with Crippen LogP contribution >= 0.6 is 34.5 Å². The summed E-state index contributed by atoms with van der Waals surface area (Å²) in [7, 11) is -3.74. The van der Waals surface area contributed by atoms with Crippen LogP contribution in [0.1, 0.15) is 4.88 Å². The molecule has 0 saturated heterocycles. The van der Waals surface area contributed by atoms with Crippen molar-refractivity contribution < 1.29 is 13.5 Å². The summed E-state index contributed by atoms with van der Waals surface area (Å²) in [4.78, 5) is 0.648. The maximum atomic E-state index is 12.1. The monoisotopic (exact) mass is 337 g/mol. The van der Waals surface area contributed by atoms with E-state index in [2.05, 4.69) is 4.72 Å². The maximum Gasteiger partial charge on any atom is 0.262 e. The van der Waals surface area contributed by atoms with Gasteiger partial charge in [-0.25, -0.2) is 8.42 Å². The molecule has 1 aromatic carbocycles. The molecule has 0 aliphatic rings. The fourth-order valence-corrected chi connectivity index (χ4v) is 3.96. The Morgan fingerprint density at radius 1 is 1.26 bits per heavy atom. The first-order valence-electron chi connectivity index (χ1n) is 5.08. The van der Waals surface area contributed by atoms with Crippen LogP contribution in [0.15, 0.2) is 34.5 Å². The summed E-state index contributed by atoms with van der Waals surface area (Å²) in [6, 6.07) is 5.91. The molecule has 0 amide bonds. The van der Waals surface area contributed by atoms with Crippen molar-refractivity contribution in [1.82, 2.24) is 0 Å². The number of rotatable bonds is 4. The van der Waals surface area contributed by atoms with Crippen molar-refractivity contribution in [3.8, 4) is 0 Å². The van der Waals surface area contributed by atoms with Gasteiger partial charge in [-0.05, 0) is 24.3 Å². The average Bonchev–Trinajstić information content (AvgIpc) is 2.83. The van der Waals surface area contributed by atoms with Crippen molar-refractivity contribution in [1.29, 1.82) is 0 Å². The number of thiophene rings is 1. The zero-order valence-corrected chi connectivity index (χ0v) is 12.6. The molecule has 0 spiro atoms. The van der Waals surface area contributed by atoms with Gasteiger partial charge in [0.15, 0.2) is 0 Å². The maximum absolute atomic E-state index is 12.1. The van der Waals surface area contributed by atoms with E-state index in [9.17, 15) is 8.42 Å². The number of halogens is 2. The molecular formula is C11H9Cl2NO3S2. The number of aliphatic hydroxyl groups is 1. The van der Waals surface area contributed by atoms with Gasteiger partial charge in [-0.2, -0.15) is 0 Å². The number of benzene rings is 1. The van der Waals surface area contributed by atoms with E-state index >= 15 is 0 Å². The molecule has 2 N–H and O–H groups in total. The van der Waals surface area contributed by atoms with Crippen molar-refractivity contribution in [2.24, 2.45) is 0 Å². The third kappa shape index (κ3) is 3.40. The lowest BCUT2D eigenvalue weighted by molar-refractivity contribution is 0.285. The van der Waals surface area contributed by atoms with Gasteiger partial charge >= 0.3 is 0 Å². The molecule has 102 valence electrons. The molecule has 19 heavy (non-hydrogen) atoms. The molecule has 0 saturated carbocycles. The fourth-order valence-electron chi connectivity index (χ4n) is 1.36. The van der Waals surface area contributed by atoms with Gasteiger partial charge in [-0.1, -0.05) is 23.2 Å². The molecule has 0 bridgehead atoms. The molecule has 0 fully saturated rings. The predicted octanol–water partition coefficient (Wildman–Crippen LogP) is 3.35. The molecular weight excluding hydrogens is 329 g/mol. The van der Waals surface area contributed by atoms with Gasteiger partial charge in [0.25, 0.3) is 10.0 Å². The van der Waals surface area contributed by atoms with E-state index in [0.29, 0.717) is 9.90 Å². The van der Waals surface area contributed by atoms with E-state index in [1.165, 1.54) is 34.9 Å². The Hall–Kier alpha value is -0.790. The van der Waals surface area contributed by atoms with Gasteiger partial charge in [-0.15, -0.1) is 11.3 Å². The molecule has 8 heteroatoms. The molecule has 0 aliphatic heterocycles. The highest BCUT2D eigenvalue weighted by Gasteiger charge is 2.17. The lowest BCUT2D eigenvalue weighted by Crippen LogP contribution is -2.12. The van der Waals surface area contributed by atoms with Crippen LogP contribution in [0, 0.1) is 0 Å². The topological polar surface area (TPSA) is 66.4 Å². The minimum atomic E-state index is -3.74. The number of anilines is 1. The Morgan fingerprint density at radius 2 is 2.00 bits per heavy atom. The third-order valence-electron chi connectivity index (χ3n) is 2.27. The number of aliphatic hydroxyl groups excluding tert-OH is 1. The second kappa shape index (κ2) is 5.68. The number of sulfonamides is 1. The van der Waals surface area contributed by atoms with E-state index in [-0.39, 0.29) is 22.2 Å². The van der Waals surface area contributed by atoms with Crippen LogP contribution in [0.3, 0.4) is 0 Å². The summed E-state index contributed by atoms with van der Waals surface area (Å²) in [6.07, 6.45) is 0. The molecule has 4 nitrogen and oxygen atoms in total. The number of nitrogens with one attached hydrogen (secondary N) is 1. The van der Waals surface area contributed by atoms with Crippen molar-refractivity contribution in [2.75, 3.05) is 4.72 Å². The van der Waals surface area contributed by atoms with Crippen LogP contribution in [0.2, 0.25) is 10.0 Å². The minimum absolute atomic E-state index is 0.0811. The smallest absolute Gasteiger partial charge is 0.262 e. The van der Waals surface area contributed by atoms with E-state index < -0.39 is 10.0 Å². The lowest BCUT2D eigenvalue weighted by Gasteiger charge is -2.08. The quantitative estimate of drug-likeness (QED) is 0.898. The van der Waals surface area contributed by atoms with Crippen LogP contribution in [-0.4, -0.2) is 13.5 Å². The number of hydrogen-bond donors (Lipinski definition) is 2. The van der Waals surface area contributed by atoms with Crippen molar-refractivity contribution in [2.45, 2.75) is 11.5 Å². The van der Waals surface area contributed by atoms with Gasteiger partial charge in [-0.3, -0.25) is 4.72 Å². The highest BCUT2D eigenvalue weighted by Crippen LogP contribution is 2.28. The Balaban J connectivity index is 2.33. The van der Waals surface area contributed by atoms with Gasteiger partial charge in [0.2, 0.25) is 0 Å². The SMILES string of the molecule is O=S(=O)(Nc1cc(Cl)ccc1Cl)c1csc(CO)c1. The van der Waals surface area contributed by atoms with Gasteiger partial charge in [0.05, 0.1) is 22.2 Å². The van der Waals surface area contributed by atoms with Gasteiger partial charge < -0.3 is 5.11 Å². The van der Waals surface area contributed by atoms with Crippen molar-refractivity contribution in [3.63, 3.8) is 0 Å². The first kappa shape index (κ1) is 14.6. The van der Waals surface area contributed by atoms with Gasteiger partial charge in [0, 0.05) is 15.3 Å². The van der Waals surface area contributed by atoms with Crippen LogP contribution in [0.4, 0.5) is 5.69 Å². The molecule has 1 heterocycles. The summed E-state index contributed by atoms with van der Waals surface area (Å²) in [5.41, 5.74) is 0.214. The second-order valence-electron chi connectivity index (χ2n) is 3.64. The zero-order valence-electron chi connectivity index (χ0n) is 9.43. The Bertz CT molecular complexity index is 698. The van der Waals surface area contributed by atoms with E-state index in [4.69, 9.17) is 28.3 Å². The van der Waals surface area contributed by atoms with Crippen LogP contribution in [0.25, 0.3) is 0 Å². The van der Waals surface area contributed by atoms with Crippen molar-refractivity contribution >= 4 is 50.2 Å². The lowest BCUT2D eigenvalue weighted by atomic mass is 10.3. The molecule has 2 rings (SSSR count). The van der Waals surface area contributed by atoms with Crippen molar-refractivity contribution in [3.05, 3.63) is 44.6 Å². The standard InChI is InChI=1S/C11H9Cl2NO3S2/c12-7-1-2-10(13)11(3-7)14-19(16,17)9-4-8(5-15)18-6-9/h1-4,6,14-15H,5H2. The van der Waals surface area contributed by atoms with Crippen LogP contribution in [-0.2, 0) is 16.6 Å². The van der Waals surface area contributed by atoms with E-state index in [1.807, 2.05) is 0 Å². The minimum Gasteiger partial charge on any atom is -0.391 e. The zero-order chi connectivity index (χ0) is 14.0. The molecule has 0 unspecified atom stereocenters. The van der Waals surface area contributed by atoms with Crippen LogP contribution < -0.4 is 4.72 Å². The van der Waals surface area contributed by atoms with Gasteiger partial charge in [0.1, 0.15) is 0 Å². The summed E-state index contributed by atoms with van der Waals surface area (Å²) in [6.45, 7) is -0.196. The molecule has 0 atom stereocenters. The third-order valence-corrected chi connectivity index (χ3v) is 5.25. The highest BCUT2D eigenvalue weighted by molar-refractivity contribution is 7.92. The summed E-state index contributed by atoms with van der Waals surface area (Å²) in [5, 5.41) is 11.0. The van der Waals surface area contributed by atoms with Crippen LogP contribution in [0.5, 0.6) is 0 Å². The average molecular weight is 338 g/mol. The molecule has 1 aromatic heterocycles. The van der Waals surface area contributed by atoms with E-state index in [1.54, 1.807) is 6.07 Å². The number of hydrogen-bond acceptors (Lipinski definition) is 4. The Labute approximate surface area is 124 Å². The first-order valence-corrected chi connectivity index (χ1v) is 8.20. The molecule has 2 aromatic rings. The first-order chi connectivity index (χ1) is 8.92. The summed E-state index contributed by atoms with van der Waals surface area (Å²) in [5.74, 6) is 0. The summed E-state index contributed by atoms with van der Waals surface area (Å²) < 4.78 is 26.6. The normalized spacial score (nSPS) is 11.5. The Morgan fingerprint density at radius 3 is 2.63 bits per heavy atom. The summed E-state index contributed by atoms with van der Waals surface area (Å²) >= 11 is 12.9. The highest BCUT2D eigenvalue weighted by atomic mass is 35.5. The van der Waals surface area contributed by atoms with E-state index in [0.717, 1.165) is 0 Å².